The molecule has 2 aromatic carbocycles. The second-order valence-corrected chi connectivity index (χ2v) is 8.13. The maximum absolute atomic E-state index is 6.29. The zero-order chi connectivity index (χ0) is 21.5. The van der Waals surface area contributed by atoms with E-state index >= 15 is 0 Å². The van der Waals surface area contributed by atoms with Crippen LogP contribution >= 0.6 is 0 Å². The number of ether oxygens (including phenoxy) is 2. The molecule has 31 heavy (non-hydrogen) atoms. The second kappa shape index (κ2) is 7.71. The van der Waals surface area contributed by atoms with Crippen LogP contribution in [0.5, 0.6) is 5.75 Å². The van der Waals surface area contributed by atoms with Gasteiger partial charge in [0.1, 0.15) is 18.2 Å². The van der Waals surface area contributed by atoms with Gasteiger partial charge in [-0.1, -0.05) is 18.2 Å². The number of benzene rings is 2. The van der Waals surface area contributed by atoms with Gasteiger partial charge in [-0.15, -0.1) is 0 Å². The Kier molecular flexibility index (Phi) is 4.87. The number of methoxy groups -OCH3 is 1. The number of hydrogen-bond donors (Lipinski definition) is 1. The summed E-state index contributed by atoms with van der Waals surface area (Å²) in [5.74, 6) is 2.50. The van der Waals surface area contributed by atoms with E-state index in [0.29, 0.717) is 13.2 Å². The lowest BCUT2D eigenvalue weighted by atomic mass is 10.1. The van der Waals surface area contributed by atoms with Crippen molar-refractivity contribution in [2.75, 3.05) is 25.2 Å². The summed E-state index contributed by atoms with van der Waals surface area (Å²) in [7, 11) is 1.71. The molecule has 1 aliphatic heterocycles. The predicted octanol–water partition coefficient (Wildman–Crippen LogP) is 5.10. The van der Waals surface area contributed by atoms with Gasteiger partial charge in [-0.05, 0) is 61.7 Å². The van der Waals surface area contributed by atoms with Crippen molar-refractivity contribution in [2.24, 2.45) is 0 Å². The second-order valence-electron chi connectivity index (χ2n) is 8.13. The van der Waals surface area contributed by atoms with E-state index < -0.39 is 0 Å². The summed E-state index contributed by atoms with van der Waals surface area (Å²) in [5, 5.41) is 0. The SMILES string of the molecule is COC[C@H]1COc2c(-c3nc4c(C)c(C)ccc4[nH]3)cccc2N1c1ccc(C)cn1. The molecule has 2 aromatic heterocycles. The molecule has 0 aliphatic carbocycles. The molecule has 0 amide bonds. The molecule has 1 aliphatic rings. The van der Waals surface area contributed by atoms with Crippen molar-refractivity contribution in [3.63, 3.8) is 0 Å². The first kappa shape index (κ1) is 19.6. The van der Waals surface area contributed by atoms with Crippen LogP contribution in [0.15, 0.2) is 48.7 Å². The van der Waals surface area contributed by atoms with E-state index in [1.807, 2.05) is 25.3 Å². The molecular weight excluding hydrogens is 388 g/mol. The largest absolute Gasteiger partial charge is 0.488 e. The Morgan fingerprint density at radius 3 is 2.77 bits per heavy atom. The first-order valence-corrected chi connectivity index (χ1v) is 10.5. The number of aromatic nitrogens is 3. The normalized spacial score (nSPS) is 15.7. The number of H-pyrrole nitrogens is 1. The van der Waals surface area contributed by atoms with Crippen molar-refractivity contribution in [3.8, 4) is 17.1 Å². The maximum Gasteiger partial charge on any atom is 0.154 e. The lowest BCUT2D eigenvalue weighted by Gasteiger charge is -2.38. The summed E-state index contributed by atoms with van der Waals surface area (Å²) in [6, 6.07) is 14.5. The van der Waals surface area contributed by atoms with Crippen LogP contribution in [-0.2, 0) is 4.74 Å². The number of anilines is 2. The molecule has 5 rings (SSSR count). The quantitative estimate of drug-likeness (QED) is 0.504. The topological polar surface area (TPSA) is 63.3 Å². The van der Waals surface area contributed by atoms with Crippen LogP contribution < -0.4 is 9.64 Å². The fourth-order valence-corrected chi connectivity index (χ4v) is 4.17. The summed E-state index contributed by atoms with van der Waals surface area (Å²) in [6.45, 7) is 7.31. The third-order valence-electron chi connectivity index (χ3n) is 5.97. The van der Waals surface area contributed by atoms with Gasteiger partial charge in [0.15, 0.2) is 5.75 Å². The van der Waals surface area contributed by atoms with Crippen LogP contribution in [-0.4, -0.2) is 41.3 Å². The number of pyridine rings is 1. The molecule has 0 fully saturated rings. The highest BCUT2D eigenvalue weighted by Crippen LogP contribution is 2.44. The number of aromatic amines is 1. The predicted molar refractivity (Wildman–Crippen MR) is 123 cm³/mol. The third-order valence-corrected chi connectivity index (χ3v) is 5.97. The zero-order valence-electron chi connectivity index (χ0n) is 18.3. The summed E-state index contributed by atoms with van der Waals surface area (Å²) < 4.78 is 11.8. The van der Waals surface area contributed by atoms with Crippen molar-refractivity contribution in [1.82, 2.24) is 15.0 Å². The average Bonchev–Trinajstić information content (AvgIpc) is 3.22. The number of para-hydroxylation sites is 1. The Hall–Kier alpha value is -3.38. The molecule has 158 valence electrons. The monoisotopic (exact) mass is 414 g/mol. The van der Waals surface area contributed by atoms with Crippen LogP contribution in [0.4, 0.5) is 11.5 Å². The van der Waals surface area contributed by atoms with Crippen LogP contribution in [0, 0.1) is 20.8 Å². The molecule has 6 nitrogen and oxygen atoms in total. The van der Waals surface area contributed by atoms with Crippen LogP contribution in [0.2, 0.25) is 0 Å². The van der Waals surface area contributed by atoms with Gasteiger partial charge in [0.2, 0.25) is 0 Å². The average molecular weight is 415 g/mol. The number of fused-ring (bicyclic) bond motifs is 2. The van der Waals surface area contributed by atoms with Gasteiger partial charge in [0.05, 0.1) is 34.9 Å². The van der Waals surface area contributed by atoms with Crippen molar-refractivity contribution in [2.45, 2.75) is 26.8 Å². The van der Waals surface area contributed by atoms with Gasteiger partial charge >= 0.3 is 0 Å². The molecule has 0 unspecified atom stereocenters. The Bertz CT molecular complexity index is 1250. The van der Waals surface area contributed by atoms with E-state index in [4.69, 9.17) is 14.5 Å². The Labute approximate surface area is 181 Å². The molecule has 0 saturated carbocycles. The van der Waals surface area contributed by atoms with Crippen molar-refractivity contribution >= 4 is 22.5 Å². The maximum atomic E-state index is 6.29. The van der Waals surface area contributed by atoms with Crippen LogP contribution in [0.1, 0.15) is 16.7 Å². The Balaban J connectivity index is 1.65. The molecule has 1 atom stereocenters. The number of nitrogens with zero attached hydrogens (tertiary/aromatic N) is 3. The molecule has 4 aromatic rings. The summed E-state index contributed by atoms with van der Waals surface area (Å²) in [5.41, 5.74) is 7.49. The first-order chi connectivity index (χ1) is 15.1. The highest BCUT2D eigenvalue weighted by Gasteiger charge is 2.32. The van der Waals surface area contributed by atoms with Crippen LogP contribution in [0.3, 0.4) is 0 Å². The molecule has 6 heteroatoms. The minimum absolute atomic E-state index is 0.0310. The van der Waals surface area contributed by atoms with E-state index in [-0.39, 0.29) is 6.04 Å². The van der Waals surface area contributed by atoms with Gasteiger partial charge in [-0.25, -0.2) is 9.97 Å². The zero-order valence-corrected chi connectivity index (χ0v) is 18.3. The molecule has 0 bridgehead atoms. The molecule has 0 saturated heterocycles. The van der Waals surface area contributed by atoms with E-state index in [1.165, 1.54) is 11.1 Å². The smallest absolute Gasteiger partial charge is 0.154 e. The van der Waals surface area contributed by atoms with E-state index in [2.05, 4.69) is 59.0 Å². The Morgan fingerprint density at radius 1 is 1.13 bits per heavy atom. The molecule has 0 radical (unpaired) electrons. The number of nitrogens with one attached hydrogen (secondary N) is 1. The number of rotatable bonds is 4. The minimum atomic E-state index is 0.0310. The molecular formula is C25H26N4O2. The summed E-state index contributed by atoms with van der Waals surface area (Å²) in [4.78, 5) is 15.3. The van der Waals surface area contributed by atoms with Crippen molar-refractivity contribution in [3.05, 3.63) is 65.4 Å². The summed E-state index contributed by atoms with van der Waals surface area (Å²) >= 11 is 0. The molecule has 0 spiro atoms. The summed E-state index contributed by atoms with van der Waals surface area (Å²) in [6.07, 6.45) is 1.89. The van der Waals surface area contributed by atoms with E-state index in [0.717, 1.165) is 45.2 Å². The minimum Gasteiger partial charge on any atom is -0.488 e. The number of hydrogen-bond acceptors (Lipinski definition) is 5. The first-order valence-electron chi connectivity index (χ1n) is 10.5. The third kappa shape index (κ3) is 3.33. The van der Waals surface area contributed by atoms with Crippen molar-refractivity contribution in [1.29, 1.82) is 0 Å². The van der Waals surface area contributed by atoms with Gasteiger partial charge in [-0.2, -0.15) is 0 Å². The van der Waals surface area contributed by atoms with Gasteiger partial charge in [0.25, 0.3) is 0 Å². The van der Waals surface area contributed by atoms with Crippen LogP contribution in [0.25, 0.3) is 22.4 Å². The van der Waals surface area contributed by atoms with E-state index in [1.54, 1.807) is 7.11 Å². The van der Waals surface area contributed by atoms with Crippen molar-refractivity contribution < 1.29 is 9.47 Å². The van der Waals surface area contributed by atoms with Gasteiger partial charge < -0.3 is 19.4 Å². The molecule has 3 heterocycles. The highest BCUT2D eigenvalue weighted by atomic mass is 16.5. The lowest BCUT2D eigenvalue weighted by molar-refractivity contribution is 0.146. The number of imidazole rings is 1. The number of aryl methyl sites for hydroxylation is 3. The fraction of sp³-hybridized carbons (Fsp3) is 0.280. The lowest BCUT2D eigenvalue weighted by Crippen LogP contribution is -2.43. The highest BCUT2D eigenvalue weighted by molar-refractivity contribution is 5.86. The van der Waals surface area contributed by atoms with Gasteiger partial charge in [0, 0.05) is 13.3 Å². The van der Waals surface area contributed by atoms with E-state index in [9.17, 15) is 0 Å². The standard InChI is InChI=1S/C25H26N4O2/c1-15-8-11-22(26-12-15)29-18(13-30-4)14-31-24-19(6-5-7-21(24)29)25-27-20-10-9-16(2)17(3)23(20)28-25/h5-12,18H,13-14H2,1-4H3,(H,27,28)/t18-/m0/s1. The fourth-order valence-electron chi connectivity index (χ4n) is 4.17. The van der Waals surface area contributed by atoms with Gasteiger partial charge in [-0.3, -0.25) is 0 Å². The Morgan fingerprint density at radius 2 is 2.00 bits per heavy atom. The molecule has 1 N–H and O–H groups in total.